The molecule has 0 aliphatic carbocycles. The minimum atomic E-state index is -3.43. The molecule has 0 radical (unpaired) electrons. The van der Waals surface area contributed by atoms with E-state index in [9.17, 15) is 8.42 Å². The van der Waals surface area contributed by atoms with Crippen LogP contribution < -0.4 is 10.0 Å². The smallest absolute Gasteiger partial charge is 0.239 e. The molecule has 0 bridgehead atoms. The monoisotopic (exact) mass is 320 g/mol. The van der Waals surface area contributed by atoms with Gasteiger partial charge in [-0.3, -0.25) is 4.31 Å². The minimum absolute atomic E-state index is 0.0734. The van der Waals surface area contributed by atoms with E-state index in [0.717, 1.165) is 5.56 Å². The SMILES string of the molecule is CN(c1ccccc1)S(=O)(=O)Cc1ccc(C(N)=S)cc1. The molecule has 0 heterocycles. The first-order valence-corrected chi connectivity index (χ1v) is 8.32. The summed E-state index contributed by atoms with van der Waals surface area (Å²) in [5.74, 6) is -0.0734. The summed E-state index contributed by atoms with van der Waals surface area (Å²) in [6.45, 7) is 0. The van der Waals surface area contributed by atoms with Crippen LogP contribution in [0.1, 0.15) is 11.1 Å². The van der Waals surface area contributed by atoms with Crippen LogP contribution in [-0.4, -0.2) is 20.5 Å². The largest absolute Gasteiger partial charge is 0.389 e. The molecule has 4 nitrogen and oxygen atoms in total. The number of nitrogens with two attached hydrogens (primary N) is 1. The van der Waals surface area contributed by atoms with Gasteiger partial charge in [0.2, 0.25) is 10.0 Å². The second-order valence-electron chi connectivity index (χ2n) is 4.62. The average Bonchev–Trinajstić information content (AvgIpc) is 2.47. The summed E-state index contributed by atoms with van der Waals surface area (Å²) < 4.78 is 26.1. The molecule has 0 saturated carbocycles. The fraction of sp³-hybridized carbons (Fsp3) is 0.133. The highest BCUT2D eigenvalue weighted by atomic mass is 32.2. The van der Waals surface area contributed by atoms with Crippen LogP contribution in [0.3, 0.4) is 0 Å². The van der Waals surface area contributed by atoms with Gasteiger partial charge in [0.15, 0.2) is 0 Å². The molecular formula is C15H16N2O2S2. The van der Waals surface area contributed by atoms with Crippen LogP contribution in [0.2, 0.25) is 0 Å². The van der Waals surface area contributed by atoms with E-state index < -0.39 is 10.0 Å². The highest BCUT2D eigenvalue weighted by Crippen LogP contribution is 2.18. The van der Waals surface area contributed by atoms with Gasteiger partial charge in [0, 0.05) is 12.6 Å². The Labute approximate surface area is 130 Å². The maximum Gasteiger partial charge on any atom is 0.239 e. The summed E-state index contributed by atoms with van der Waals surface area (Å²) in [6, 6.07) is 15.9. The normalized spacial score (nSPS) is 11.1. The molecule has 2 N–H and O–H groups in total. The number of hydrogen-bond donors (Lipinski definition) is 1. The zero-order chi connectivity index (χ0) is 15.5. The second kappa shape index (κ2) is 6.24. The fourth-order valence-electron chi connectivity index (χ4n) is 1.87. The maximum absolute atomic E-state index is 12.4. The second-order valence-corrected chi connectivity index (χ2v) is 7.06. The van der Waals surface area contributed by atoms with Crippen LogP contribution in [0.5, 0.6) is 0 Å². The molecule has 0 aliphatic heterocycles. The van der Waals surface area contributed by atoms with E-state index >= 15 is 0 Å². The predicted molar refractivity (Wildman–Crippen MR) is 89.8 cm³/mol. The van der Waals surface area contributed by atoms with Gasteiger partial charge in [-0.1, -0.05) is 54.7 Å². The van der Waals surface area contributed by atoms with Crippen molar-refractivity contribution in [2.45, 2.75) is 5.75 Å². The van der Waals surface area contributed by atoms with E-state index in [1.807, 2.05) is 6.07 Å². The lowest BCUT2D eigenvalue weighted by atomic mass is 10.1. The molecular weight excluding hydrogens is 304 g/mol. The van der Waals surface area contributed by atoms with Crippen LogP contribution in [0.15, 0.2) is 54.6 Å². The number of anilines is 1. The molecule has 0 saturated heterocycles. The molecule has 2 aromatic rings. The molecule has 21 heavy (non-hydrogen) atoms. The van der Waals surface area contributed by atoms with Crippen LogP contribution in [0.25, 0.3) is 0 Å². The lowest BCUT2D eigenvalue weighted by Crippen LogP contribution is -2.27. The van der Waals surface area contributed by atoms with Crippen molar-refractivity contribution in [1.82, 2.24) is 0 Å². The number of rotatable bonds is 5. The molecule has 0 unspecified atom stereocenters. The lowest BCUT2D eigenvalue weighted by Gasteiger charge is -2.19. The topological polar surface area (TPSA) is 63.4 Å². The van der Waals surface area contributed by atoms with Crippen molar-refractivity contribution < 1.29 is 8.42 Å². The summed E-state index contributed by atoms with van der Waals surface area (Å²) in [7, 11) is -1.88. The molecule has 0 spiro atoms. The Balaban J connectivity index is 2.19. The van der Waals surface area contributed by atoms with Crippen molar-refractivity contribution >= 4 is 32.9 Å². The minimum Gasteiger partial charge on any atom is -0.389 e. The first kappa shape index (κ1) is 15.5. The molecule has 0 atom stereocenters. The van der Waals surface area contributed by atoms with Gasteiger partial charge in [0.25, 0.3) is 0 Å². The summed E-state index contributed by atoms with van der Waals surface area (Å²) >= 11 is 4.87. The Morgan fingerprint density at radius 2 is 1.67 bits per heavy atom. The van der Waals surface area contributed by atoms with E-state index in [4.69, 9.17) is 18.0 Å². The maximum atomic E-state index is 12.4. The van der Waals surface area contributed by atoms with Gasteiger partial charge in [-0.05, 0) is 17.7 Å². The molecule has 0 aliphatic rings. The van der Waals surface area contributed by atoms with E-state index in [1.54, 1.807) is 55.6 Å². The molecule has 110 valence electrons. The van der Waals surface area contributed by atoms with Crippen LogP contribution in [0, 0.1) is 0 Å². The van der Waals surface area contributed by atoms with Crippen LogP contribution in [0.4, 0.5) is 5.69 Å². The van der Waals surface area contributed by atoms with E-state index in [-0.39, 0.29) is 5.75 Å². The third-order valence-corrected chi connectivity index (χ3v) is 5.10. The highest BCUT2D eigenvalue weighted by Gasteiger charge is 2.18. The molecule has 0 aromatic heterocycles. The third-order valence-electron chi connectivity index (χ3n) is 3.12. The van der Waals surface area contributed by atoms with Gasteiger partial charge < -0.3 is 5.73 Å². The first-order chi connectivity index (χ1) is 9.90. The standard InChI is InChI=1S/C15H16N2O2S2/c1-17(14-5-3-2-4-6-14)21(18,19)11-12-7-9-13(10-8-12)15(16)20/h2-10H,11H2,1H3,(H2,16,20). The number of benzene rings is 2. The number of para-hydroxylation sites is 1. The van der Waals surface area contributed by atoms with E-state index in [2.05, 4.69) is 0 Å². The van der Waals surface area contributed by atoms with Gasteiger partial charge in [-0.15, -0.1) is 0 Å². The Kier molecular flexibility index (Phi) is 4.59. The highest BCUT2D eigenvalue weighted by molar-refractivity contribution is 7.92. The van der Waals surface area contributed by atoms with Crippen molar-refractivity contribution in [1.29, 1.82) is 0 Å². The average molecular weight is 320 g/mol. The number of nitrogens with zero attached hydrogens (tertiary/aromatic N) is 1. The zero-order valence-electron chi connectivity index (χ0n) is 11.6. The molecule has 2 aromatic carbocycles. The van der Waals surface area contributed by atoms with Crippen molar-refractivity contribution in [2.24, 2.45) is 5.73 Å². The molecule has 6 heteroatoms. The molecule has 0 amide bonds. The van der Waals surface area contributed by atoms with E-state index in [1.165, 1.54) is 4.31 Å². The lowest BCUT2D eigenvalue weighted by molar-refractivity contribution is 0.593. The Bertz CT molecular complexity index is 726. The van der Waals surface area contributed by atoms with Gasteiger partial charge in [-0.2, -0.15) is 0 Å². The third kappa shape index (κ3) is 3.80. The molecule has 0 fully saturated rings. The van der Waals surface area contributed by atoms with Gasteiger partial charge in [-0.25, -0.2) is 8.42 Å². The number of thiocarbonyl (C=S) groups is 1. The van der Waals surface area contributed by atoms with Gasteiger partial charge >= 0.3 is 0 Å². The summed E-state index contributed by atoms with van der Waals surface area (Å²) in [5.41, 5.74) is 7.57. The number of sulfonamides is 1. The Hall–Kier alpha value is -1.92. The number of hydrogen-bond acceptors (Lipinski definition) is 3. The zero-order valence-corrected chi connectivity index (χ0v) is 13.2. The van der Waals surface area contributed by atoms with Crippen molar-refractivity contribution in [2.75, 3.05) is 11.4 Å². The summed E-state index contributed by atoms with van der Waals surface area (Å²) in [4.78, 5) is 0.297. The van der Waals surface area contributed by atoms with Crippen molar-refractivity contribution in [3.05, 3.63) is 65.7 Å². The summed E-state index contributed by atoms with van der Waals surface area (Å²) in [5, 5.41) is 0. The summed E-state index contributed by atoms with van der Waals surface area (Å²) in [6.07, 6.45) is 0. The van der Waals surface area contributed by atoms with Gasteiger partial charge in [0.05, 0.1) is 11.4 Å². The van der Waals surface area contributed by atoms with Crippen molar-refractivity contribution in [3.8, 4) is 0 Å². The predicted octanol–water partition coefficient (Wildman–Crippen LogP) is 2.29. The van der Waals surface area contributed by atoms with Gasteiger partial charge in [0.1, 0.15) is 4.99 Å². The Morgan fingerprint density at radius 3 is 2.19 bits per heavy atom. The van der Waals surface area contributed by atoms with Crippen molar-refractivity contribution in [3.63, 3.8) is 0 Å². The van der Waals surface area contributed by atoms with Crippen LogP contribution in [-0.2, 0) is 15.8 Å². The molecule has 2 rings (SSSR count). The first-order valence-electron chi connectivity index (χ1n) is 6.30. The fourth-order valence-corrected chi connectivity index (χ4v) is 3.26. The van der Waals surface area contributed by atoms with E-state index in [0.29, 0.717) is 16.2 Å². The quantitative estimate of drug-likeness (QED) is 0.859. The van der Waals surface area contributed by atoms with Crippen LogP contribution >= 0.6 is 12.2 Å². The Morgan fingerprint density at radius 1 is 1.10 bits per heavy atom.